The number of nitrogens with two attached hydrogens (primary N) is 1. The second-order valence-electron chi connectivity index (χ2n) is 6.71. The van der Waals surface area contributed by atoms with Crippen molar-refractivity contribution >= 4 is 24.0 Å². The standard InChI is InChI=1S/C23H22N4O5/c1-15(22(29)25-23(24)30)32-20(28)13-10-17-14-27(18-6-4-3-5-7-18)26-21(17)16-8-11-19(31-2)12-9-16/h3-15H,1-2H3,(H3,24,25,29,30)/b13-10+. The molecule has 1 aromatic heterocycles. The van der Waals surface area contributed by atoms with Gasteiger partial charge in [-0.15, -0.1) is 0 Å². The van der Waals surface area contributed by atoms with E-state index in [-0.39, 0.29) is 0 Å². The minimum absolute atomic E-state index is 0.639. The molecule has 0 bridgehead atoms. The van der Waals surface area contributed by atoms with Gasteiger partial charge >= 0.3 is 12.0 Å². The van der Waals surface area contributed by atoms with Gasteiger partial charge in [0.1, 0.15) is 5.75 Å². The van der Waals surface area contributed by atoms with Gasteiger partial charge in [0, 0.05) is 23.4 Å². The number of imide groups is 1. The first-order chi connectivity index (χ1) is 15.4. The Morgan fingerprint density at radius 3 is 2.41 bits per heavy atom. The zero-order valence-electron chi connectivity index (χ0n) is 17.5. The largest absolute Gasteiger partial charge is 0.497 e. The first-order valence-electron chi connectivity index (χ1n) is 9.66. The molecular formula is C23H22N4O5. The molecule has 0 spiro atoms. The molecule has 0 radical (unpaired) electrons. The number of methoxy groups -OCH3 is 1. The van der Waals surface area contributed by atoms with E-state index in [0.29, 0.717) is 17.0 Å². The molecule has 2 aromatic carbocycles. The van der Waals surface area contributed by atoms with Crippen LogP contribution in [0.2, 0.25) is 0 Å². The monoisotopic (exact) mass is 434 g/mol. The van der Waals surface area contributed by atoms with Gasteiger partial charge in [-0.2, -0.15) is 5.10 Å². The highest BCUT2D eigenvalue weighted by molar-refractivity contribution is 5.97. The molecule has 0 fully saturated rings. The van der Waals surface area contributed by atoms with Crippen molar-refractivity contribution in [1.82, 2.24) is 15.1 Å². The lowest BCUT2D eigenvalue weighted by Crippen LogP contribution is -2.42. The van der Waals surface area contributed by atoms with Crippen molar-refractivity contribution in [2.24, 2.45) is 5.73 Å². The average molecular weight is 434 g/mol. The van der Waals surface area contributed by atoms with E-state index in [2.05, 4.69) is 5.10 Å². The number of primary amides is 1. The quantitative estimate of drug-likeness (QED) is 0.435. The van der Waals surface area contributed by atoms with Crippen LogP contribution in [0.15, 0.2) is 66.9 Å². The summed E-state index contributed by atoms with van der Waals surface area (Å²) in [5.74, 6) is -0.861. The number of rotatable bonds is 7. The summed E-state index contributed by atoms with van der Waals surface area (Å²) in [4.78, 5) is 34.6. The highest BCUT2D eigenvalue weighted by Crippen LogP contribution is 2.26. The fourth-order valence-corrected chi connectivity index (χ4v) is 2.84. The molecule has 3 rings (SSSR count). The van der Waals surface area contributed by atoms with Gasteiger partial charge in [0.15, 0.2) is 6.10 Å². The van der Waals surface area contributed by atoms with Crippen molar-refractivity contribution < 1.29 is 23.9 Å². The topological polar surface area (TPSA) is 126 Å². The van der Waals surface area contributed by atoms with Gasteiger partial charge in [-0.3, -0.25) is 10.1 Å². The summed E-state index contributed by atoms with van der Waals surface area (Å²) in [6, 6.07) is 15.9. The van der Waals surface area contributed by atoms with E-state index in [1.165, 1.54) is 13.0 Å². The SMILES string of the molecule is COc1ccc(-c2nn(-c3ccccc3)cc2/C=C/C(=O)OC(C)C(=O)NC(N)=O)cc1. The minimum atomic E-state index is -1.19. The van der Waals surface area contributed by atoms with Crippen molar-refractivity contribution in [2.75, 3.05) is 7.11 Å². The van der Waals surface area contributed by atoms with Crippen molar-refractivity contribution in [3.8, 4) is 22.7 Å². The molecule has 0 aliphatic carbocycles. The van der Waals surface area contributed by atoms with E-state index in [1.54, 1.807) is 24.1 Å². The highest BCUT2D eigenvalue weighted by Gasteiger charge is 2.18. The van der Waals surface area contributed by atoms with Gasteiger partial charge in [-0.1, -0.05) is 18.2 Å². The van der Waals surface area contributed by atoms with Gasteiger partial charge in [-0.05, 0) is 49.4 Å². The lowest BCUT2D eigenvalue weighted by Gasteiger charge is -2.10. The summed E-state index contributed by atoms with van der Waals surface area (Å²) in [5, 5.41) is 6.52. The number of carbonyl (C=O) groups is 3. The van der Waals surface area contributed by atoms with Gasteiger partial charge in [0.2, 0.25) is 0 Å². The Labute approximate surface area is 184 Å². The van der Waals surface area contributed by atoms with Crippen LogP contribution in [0.1, 0.15) is 12.5 Å². The lowest BCUT2D eigenvalue weighted by atomic mass is 10.1. The maximum atomic E-state index is 12.2. The van der Waals surface area contributed by atoms with E-state index < -0.39 is 24.0 Å². The first kappa shape index (κ1) is 22.3. The number of esters is 1. The number of urea groups is 1. The minimum Gasteiger partial charge on any atom is -0.497 e. The molecule has 3 N–H and O–H groups in total. The third kappa shape index (κ3) is 5.60. The number of nitrogens with one attached hydrogen (secondary N) is 1. The Kier molecular flexibility index (Phi) is 7.02. The second kappa shape index (κ2) is 10.1. The van der Waals surface area contributed by atoms with Crippen molar-refractivity contribution in [2.45, 2.75) is 13.0 Å². The number of hydrogen-bond acceptors (Lipinski definition) is 6. The summed E-state index contributed by atoms with van der Waals surface area (Å²) in [5.41, 5.74) is 7.86. The van der Waals surface area contributed by atoms with Crippen LogP contribution < -0.4 is 15.8 Å². The van der Waals surface area contributed by atoms with E-state index >= 15 is 0 Å². The van der Waals surface area contributed by atoms with E-state index in [0.717, 1.165) is 11.3 Å². The zero-order valence-corrected chi connectivity index (χ0v) is 17.5. The van der Waals surface area contributed by atoms with Gasteiger partial charge in [-0.25, -0.2) is 14.3 Å². The van der Waals surface area contributed by atoms with Gasteiger partial charge < -0.3 is 15.2 Å². The fourth-order valence-electron chi connectivity index (χ4n) is 2.84. The molecule has 9 heteroatoms. The number of benzene rings is 2. The van der Waals surface area contributed by atoms with Crippen LogP contribution in [0.5, 0.6) is 5.75 Å². The Hall–Kier alpha value is -4.40. The smallest absolute Gasteiger partial charge is 0.331 e. The molecule has 1 unspecified atom stereocenters. The molecule has 1 atom stereocenters. The number of amides is 3. The van der Waals surface area contributed by atoms with Crippen LogP contribution in [0.25, 0.3) is 23.0 Å². The van der Waals surface area contributed by atoms with Crippen LogP contribution in [0.4, 0.5) is 4.79 Å². The van der Waals surface area contributed by atoms with Crippen LogP contribution in [-0.2, 0) is 14.3 Å². The lowest BCUT2D eigenvalue weighted by molar-refractivity contribution is -0.149. The molecule has 0 aliphatic heterocycles. The molecule has 0 saturated heterocycles. The van der Waals surface area contributed by atoms with Crippen LogP contribution >= 0.6 is 0 Å². The zero-order chi connectivity index (χ0) is 23.1. The van der Waals surface area contributed by atoms with Crippen LogP contribution in [0, 0.1) is 0 Å². The van der Waals surface area contributed by atoms with E-state index in [1.807, 2.05) is 59.9 Å². The number of aromatic nitrogens is 2. The van der Waals surface area contributed by atoms with Crippen molar-refractivity contribution in [3.05, 3.63) is 72.4 Å². The summed E-state index contributed by atoms with van der Waals surface area (Å²) in [7, 11) is 1.59. The predicted octanol–water partition coefficient (Wildman–Crippen LogP) is 2.69. The molecule has 164 valence electrons. The Morgan fingerprint density at radius 2 is 1.78 bits per heavy atom. The Bertz CT molecular complexity index is 1140. The van der Waals surface area contributed by atoms with Crippen molar-refractivity contribution in [3.63, 3.8) is 0 Å². The van der Waals surface area contributed by atoms with E-state index in [9.17, 15) is 14.4 Å². The van der Waals surface area contributed by atoms with Crippen LogP contribution in [0.3, 0.4) is 0 Å². The molecule has 3 amide bonds. The maximum absolute atomic E-state index is 12.2. The molecular weight excluding hydrogens is 412 g/mol. The average Bonchev–Trinajstić information content (AvgIpc) is 3.22. The number of carbonyl (C=O) groups excluding carboxylic acids is 3. The Balaban J connectivity index is 1.86. The molecule has 1 heterocycles. The molecule has 3 aromatic rings. The second-order valence-corrected chi connectivity index (χ2v) is 6.71. The third-order valence-corrected chi connectivity index (χ3v) is 4.43. The van der Waals surface area contributed by atoms with Gasteiger partial charge in [0.05, 0.1) is 18.5 Å². The summed E-state index contributed by atoms with van der Waals surface area (Å²) < 4.78 is 11.9. The maximum Gasteiger partial charge on any atom is 0.331 e. The normalized spacial score (nSPS) is 11.7. The number of nitrogens with zero attached hydrogens (tertiary/aromatic N) is 2. The fraction of sp³-hybridized carbons (Fsp3) is 0.130. The molecule has 32 heavy (non-hydrogen) atoms. The third-order valence-electron chi connectivity index (χ3n) is 4.43. The van der Waals surface area contributed by atoms with Gasteiger partial charge in [0.25, 0.3) is 5.91 Å². The van der Waals surface area contributed by atoms with Crippen LogP contribution in [-0.4, -0.2) is 40.9 Å². The summed E-state index contributed by atoms with van der Waals surface area (Å²) in [6.45, 7) is 1.33. The number of ether oxygens (including phenoxy) is 2. The first-order valence-corrected chi connectivity index (χ1v) is 9.66. The highest BCUT2D eigenvalue weighted by atomic mass is 16.5. The number of hydrogen-bond donors (Lipinski definition) is 2. The molecule has 0 aliphatic rings. The Morgan fingerprint density at radius 1 is 1.09 bits per heavy atom. The predicted molar refractivity (Wildman–Crippen MR) is 118 cm³/mol. The molecule has 9 nitrogen and oxygen atoms in total. The number of para-hydroxylation sites is 1. The summed E-state index contributed by atoms with van der Waals surface area (Å²) >= 11 is 0. The van der Waals surface area contributed by atoms with Crippen molar-refractivity contribution in [1.29, 1.82) is 0 Å². The molecule has 0 saturated carbocycles. The van der Waals surface area contributed by atoms with E-state index in [4.69, 9.17) is 15.2 Å². The summed E-state index contributed by atoms with van der Waals surface area (Å²) in [6.07, 6.45) is 3.33.